The Hall–Kier alpha value is -2.79. The van der Waals surface area contributed by atoms with Crippen molar-refractivity contribution in [2.24, 2.45) is 0 Å². The van der Waals surface area contributed by atoms with Crippen molar-refractivity contribution in [3.8, 4) is 11.3 Å². The van der Waals surface area contributed by atoms with E-state index in [9.17, 15) is 9.90 Å². The Bertz CT molecular complexity index is 953. The van der Waals surface area contributed by atoms with Crippen LogP contribution in [0, 0.1) is 20.8 Å². The Labute approximate surface area is 157 Å². The van der Waals surface area contributed by atoms with E-state index < -0.39 is 5.97 Å². The molecule has 1 aromatic heterocycles. The molecule has 1 heterocycles. The summed E-state index contributed by atoms with van der Waals surface area (Å²) in [6, 6.07) is 15.6. The Balaban J connectivity index is 1.71. The first kappa shape index (κ1) is 18.0. The monoisotopic (exact) mass is 364 g/mol. The number of carbonyl (C=O) groups is 1. The van der Waals surface area contributed by atoms with Gasteiger partial charge in [-0.3, -0.25) is 4.98 Å². The van der Waals surface area contributed by atoms with E-state index in [1.54, 1.807) is 19.2 Å². The Morgan fingerprint density at radius 2 is 1.73 bits per heavy atom. The molecule has 2 aromatic carbocycles. The average Bonchev–Trinajstić information content (AvgIpc) is 2.63. The number of aryl methyl sites for hydroxylation is 3. The van der Waals surface area contributed by atoms with Gasteiger partial charge in [-0.15, -0.1) is 0 Å². The molecule has 0 unspecified atom stereocenters. The lowest BCUT2D eigenvalue weighted by Gasteiger charge is -2.09. The highest BCUT2D eigenvalue weighted by Crippen LogP contribution is 2.25. The van der Waals surface area contributed by atoms with Gasteiger partial charge in [-0.1, -0.05) is 18.2 Å². The van der Waals surface area contributed by atoms with Crippen LogP contribution in [0.1, 0.15) is 27.0 Å². The van der Waals surface area contributed by atoms with Crippen LogP contribution in [0.4, 0.5) is 5.69 Å². The third-order valence-electron chi connectivity index (χ3n) is 4.29. The fourth-order valence-electron chi connectivity index (χ4n) is 2.54. The zero-order valence-electron chi connectivity index (χ0n) is 14.9. The van der Waals surface area contributed by atoms with Gasteiger partial charge in [0.15, 0.2) is 0 Å². The Morgan fingerprint density at radius 1 is 0.962 bits per heavy atom. The highest BCUT2D eigenvalue weighted by Gasteiger charge is 2.08. The van der Waals surface area contributed by atoms with Gasteiger partial charge in [-0.05, 0) is 79.7 Å². The van der Waals surface area contributed by atoms with Crippen molar-refractivity contribution in [1.29, 1.82) is 0 Å². The topological polar surface area (TPSA) is 62.2 Å². The maximum atomic E-state index is 11.2. The lowest BCUT2D eigenvalue weighted by atomic mass is 10.0. The molecule has 0 atom stereocenters. The highest BCUT2D eigenvalue weighted by molar-refractivity contribution is 8.00. The van der Waals surface area contributed by atoms with Gasteiger partial charge in [0.2, 0.25) is 0 Å². The second-order valence-electron chi connectivity index (χ2n) is 6.22. The molecule has 3 rings (SSSR count). The molecule has 0 spiro atoms. The van der Waals surface area contributed by atoms with Gasteiger partial charge in [0.25, 0.3) is 0 Å². The largest absolute Gasteiger partial charge is 0.478 e. The first-order chi connectivity index (χ1) is 12.4. The van der Waals surface area contributed by atoms with Crippen molar-refractivity contribution in [2.75, 3.05) is 4.72 Å². The maximum absolute atomic E-state index is 11.2. The lowest BCUT2D eigenvalue weighted by molar-refractivity contribution is 0.0696. The van der Waals surface area contributed by atoms with Crippen LogP contribution in [0.3, 0.4) is 0 Å². The molecule has 132 valence electrons. The first-order valence-corrected chi connectivity index (χ1v) is 9.06. The van der Waals surface area contributed by atoms with E-state index in [0.717, 1.165) is 27.4 Å². The molecule has 3 aromatic rings. The molecule has 0 saturated carbocycles. The Kier molecular flexibility index (Phi) is 5.28. The van der Waals surface area contributed by atoms with Gasteiger partial charge in [0.05, 0.1) is 23.1 Å². The van der Waals surface area contributed by atoms with Gasteiger partial charge in [-0.25, -0.2) is 4.79 Å². The number of aromatic carboxylic acids is 1. The summed E-state index contributed by atoms with van der Waals surface area (Å²) in [4.78, 5) is 16.6. The third kappa shape index (κ3) is 4.06. The van der Waals surface area contributed by atoms with Crippen LogP contribution < -0.4 is 4.72 Å². The molecule has 4 nitrogen and oxygen atoms in total. The number of hydrogen-bond donors (Lipinski definition) is 2. The number of pyridine rings is 1. The number of anilines is 1. The molecule has 26 heavy (non-hydrogen) atoms. The second kappa shape index (κ2) is 7.62. The number of hydrogen-bond acceptors (Lipinski definition) is 4. The summed E-state index contributed by atoms with van der Waals surface area (Å²) in [7, 11) is 0. The number of aromatic nitrogens is 1. The number of nitrogens with one attached hydrogen (secondary N) is 1. The Morgan fingerprint density at radius 3 is 2.38 bits per heavy atom. The minimum Gasteiger partial charge on any atom is -0.478 e. The molecular formula is C21H20N2O2S. The number of rotatable bonds is 5. The number of nitrogens with zero attached hydrogens (tertiary/aromatic N) is 1. The van der Waals surface area contributed by atoms with Gasteiger partial charge < -0.3 is 9.83 Å². The fourth-order valence-corrected chi connectivity index (χ4v) is 3.21. The smallest absolute Gasteiger partial charge is 0.335 e. The molecule has 0 bridgehead atoms. The lowest BCUT2D eigenvalue weighted by Crippen LogP contribution is -2.00. The van der Waals surface area contributed by atoms with E-state index in [1.807, 2.05) is 24.3 Å². The molecular weight excluding hydrogens is 344 g/mol. The summed E-state index contributed by atoms with van der Waals surface area (Å²) in [5.74, 6) is -0.913. The van der Waals surface area contributed by atoms with Crippen molar-refractivity contribution < 1.29 is 9.90 Å². The minimum atomic E-state index is -0.913. The van der Waals surface area contributed by atoms with Crippen LogP contribution in [0.2, 0.25) is 0 Å². The van der Waals surface area contributed by atoms with E-state index in [0.29, 0.717) is 5.56 Å². The zero-order valence-corrected chi connectivity index (χ0v) is 15.7. The van der Waals surface area contributed by atoms with E-state index in [4.69, 9.17) is 0 Å². The summed E-state index contributed by atoms with van der Waals surface area (Å²) in [6.45, 7) is 5.98. The zero-order chi connectivity index (χ0) is 18.7. The van der Waals surface area contributed by atoms with Crippen molar-refractivity contribution >= 4 is 23.6 Å². The summed E-state index contributed by atoms with van der Waals surface area (Å²) in [6.07, 6.45) is 1.78. The van der Waals surface area contributed by atoms with Crippen LogP contribution in [-0.4, -0.2) is 16.1 Å². The first-order valence-electron chi connectivity index (χ1n) is 8.24. The molecule has 0 radical (unpaired) electrons. The molecule has 5 heteroatoms. The second-order valence-corrected chi connectivity index (χ2v) is 7.10. The minimum absolute atomic E-state index is 0.319. The predicted molar refractivity (Wildman–Crippen MR) is 107 cm³/mol. The summed E-state index contributed by atoms with van der Waals surface area (Å²) in [5.41, 5.74) is 6.46. The molecule has 2 N–H and O–H groups in total. The van der Waals surface area contributed by atoms with Crippen LogP contribution in [0.15, 0.2) is 59.6 Å². The van der Waals surface area contributed by atoms with E-state index >= 15 is 0 Å². The van der Waals surface area contributed by atoms with Crippen LogP contribution in [0.25, 0.3) is 11.3 Å². The van der Waals surface area contributed by atoms with E-state index in [1.165, 1.54) is 23.1 Å². The van der Waals surface area contributed by atoms with Crippen molar-refractivity contribution in [3.05, 3.63) is 77.0 Å². The molecule has 0 fully saturated rings. The molecule has 0 aliphatic rings. The summed E-state index contributed by atoms with van der Waals surface area (Å²) >= 11 is 1.37. The normalized spacial score (nSPS) is 10.6. The number of carboxylic acid groups (broad SMARTS) is 1. The molecule has 0 saturated heterocycles. The maximum Gasteiger partial charge on any atom is 0.335 e. The quantitative estimate of drug-likeness (QED) is 0.586. The van der Waals surface area contributed by atoms with Gasteiger partial charge in [0, 0.05) is 10.5 Å². The van der Waals surface area contributed by atoms with E-state index in [2.05, 4.69) is 41.8 Å². The average molecular weight is 364 g/mol. The molecule has 0 amide bonds. The van der Waals surface area contributed by atoms with Gasteiger partial charge in [-0.2, -0.15) is 0 Å². The van der Waals surface area contributed by atoms with Crippen LogP contribution >= 0.6 is 11.9 Å². The summed E-state index contributed by atoms with van der Waals surface area (Å²) in [5, 5.41) is 9.21. The van der Waals surface area contributed by atoms with Crippen LogP contribution in [0.5, 0.6) is 0 Å². The van der Waals surface area contributed by atoms with Crippen LogP contribution in [-0.2, 0) is 0 Å². The summed E-state index contributed by atoms with van der Waals surface area (Å²) < 4.78 is 3.21. The highest BCUT2D eigenvalue weighted by atomic mass is 32.2. The SMILES string of the molecule is Cc1ccc(-c2ccc(NSc3ccc(C)c(C(=O)O)c3)cn2)cc1C. The van der Waals surface area contributed by atoms with E-state index in [-0.39, 0.29) is 0 Å². The molecule has 0 aliphatic heterocycles. The predicted octanol–water partition coefficient (Wildman–Crippen LogP) is 5.49. The van der Waals surface area contributed by atoms with Gasteiger partial charge >= 0.3 is 5.97 Å². The van der Waals surface area contributed by atoms with Gasteiger partial charge in [0.1, 0.15) is 0 Å². The number of benzene rings is 2. The van der Waals surface area contributed by atoms with Crippen molar-refractivity contribution in [3.63, 3.8) is 0 Å². The van der Waals surface area contributed by atoms with Crippen molar-refractivity contribution in [1.82, 2.24) is 4.98 Å². The third-order valence-corrected chi connectivity index (χ3v) is 5.12. The molecule has 0 aliphatic carbocycles. The number of carboxylic acids is 1. The van der Waals surface area contributed by atoms with Crippen molar-refractivity contribution in [2.45, 2.75) is 25.7 Å². The fraction of sp³-hybridized carbons (Fsp3) is 0.143. The standard InChI is InChI=1S/C21H20N2O2S/c1-13-4-6-16(10-15(13)3)20-9-7-17(12-22-20)23-26-18-8-5-14(2)19(11-18)21(24)25/h4-12,23H,1-3H3,(H,24,25).